The van der Waals surface area contributed by atoms with Crippen molar-refractivity contribution in [3.8, 4) is 0 Å². The van der Waals surface area contributed by atoms with Crippen molar-refractivity contribution in [1.29, 1.82) is 0 Å². The molecule has 0 amide bonds. The van der Waals surface area contributed by atoms with E-state index in [-0.39, 0.29) is 5.41 Å². The molecule has 0 aliphatic rings. The van der Waals surface area contributed by atoms with Gasteiger partial charge in [-0.1, -0.05) is 65.0 Å². The smallest absolute Gasteiger partial charge is 0.0132 e. The predicted octanol–water partition coefficient (Wildman–Crippen LogP) is 5.44. The molecule has 0 aliphatic carbocycles. The Labute approximate surface area is 113 Å². The van der Waals surface area contributed by atoms with Gasteiger partial charge in [-0.15, -0.1) is 0 Å². The van der Waals surface area contributed by atoms with Crippen LogP contribution in [0.4, 0.5) is 0 Å². The SMILES string of the molecule is CC/C=C\C(C)Cc1cc(C(C)(C)C)ccc1C. The highest BCUT2D eigenvalue weighted by Crippen LogP contribution is 2.25. The summed E-state index contributed by atoms with van der Waals surface area (Å²) < 4.78 is 0. The molecule has 0 heteroatoms. The fourth-order valence-corrected chi connectivity index (χ4v) is 2.14. The van der Waals surface area contributed by atoms with Gasteiger partial charge in [-0.05, 0) is 47.8 Å². The maximum atomic E-state index is 2.39. The van der Waals surface area contributed by atoms with Crippen molar-refractivity contribution in [3.05, 3.63) is 47.0 Å². The molecule has 0 N–H and O–H groups in total. The molecule has 1 aromatic rings. The van der Waals surface area contributed by atoms with Gasteiger partial charge in [-0.2, -0.15) is 0 Å². The van der Waals surface area contributed by atoms with Crippen LogP contribution < -0.4 is 0 Å². The van der Waals surface area contributed by atoms with E-state index in [2.05, 4.69) is 71.9 Å². The average molecular weight is 244 g/mol. The first-order valence-electron chi connectivity index (χ1n) is 7.11. The van der Waals surface area contributed by atoms with Gasteiger partial charge in [-0.25, -0.2) is 0 Å². The molecule has 0 heterocycles. The molecule has 0 aromatic heterocycles. The fourth-order valence-electron chi connectivity index (χ4n) is 2.14. The summed E-state index contributed by atoms with van der Waals surface area (Å²) in [5, 5.41) is 0. The molecule has 0 fully saturated rings. The largest absolute Gasteiger partial charge is 0.0885 e. The number of rotatable bonds is 4. The zero-order valence-electron chi connectivity index (χ0n) is 12.9. The molecule has 0 bridgehead atoms. The molecule has 0 saturated heterocycles. The lowest BCUT2D eigenvalue weighted by Crippen LogP contribution is -2.12. The Morgan fingerprint density at radius 2 is 1.89 bits per heavy atom. The lowest BCUT2D eigenvalue weighted by atomic mass is 9.84. The molecular formula is C18H28. The first-order valence-corrected chi connectivity index (χ1v) is 7.11. The first kappa shape index (κ1) is 15.0. The Morgan fingerprint density at radius 3 is 2.44 bits per heavy atom. The predicted molar refractivity (Wildman–Crippen MR) is 82.2 cm³/mol. The third kappa shape index (κ3) is 4.33. The summed E-state index contributed by atoms with van der Waals surface area (Å²) in [6.07, 6.45) is 6.88. The van der Waals surface area contributed by atoms with Gasteiger partial charge in [0.1, 0.15) is 0 Å². The van der Waals surface area contributed by atoms with Crippen LogP contribution in [0.15, 0.2) is 30.4 Å². The van der Waals surface area contributed by atoms with E-state index in [9.17, 15) is 0 Å². The van der Waals surface area contributed by atoms with Crippen LogP contribution in [-0.4, -0.2) is 0 Å². The summed E-state index contributed by atoms with van der Waals surface area (Å²) in [6.45, 7) is 13.5. The molecule has 1 unspecified atom stereocenters. The molecule has 0 aliphatic heterocycles. The summed E-state index contributed by atoms with van der Waals surface area (Å²) in [5.41, 5.74) is 4.59. The maximum absolute atomic E-state index is 2.39. The molecule has 0 nitrogen and oxygen atoms in total. The Kier molecular flexibility index (Phi) is 5.19. The summed E-state index contributed by atoms with van der Waals surface area (Å²) in [5.74, 6) is 0.624. The molecule has 1 rings (SSSR count). The number of allylic oxidation sites excluding steroid dienone is 2. The fraction of sp³-hybridized carbons (Fsp3) is 0.556. The number of hydrogen-bond donors (Lipinski definition) is 0. The quantitative estimate of drug-likeness (QED) is 0.619. The molecule has 1 atom stereocenters. The highest BCUT2D eigenvalue weighted by atomic mass is 14.2. The third-order valence-corrected chi connectivity index (χ3v) is 3.46. The van der Waals surface area contributed by atoms with Crippen LogP contribution in [0.25, 0.3) is 0 Å². The highest BCUT2D eigenvalue weighted by molar-refractivity contribution is 5.35. The maximum Gasteiger partial charge on any atom is -0.0132 e. The summed E-state index contributed by atoms with van der Waals surface area (Å²) in [7, 11) is 0. The van der Waals surface area contributed by atoms with Gasteiger partial charge in [0.15, 0.2) is 0 Å². The van der Waals surface area contributed by atoms with E-state index >= 15 is 0 Å². The minimum absolute atomic E-state index is 0.241. The van der Waals surface area contributed by atoms with Crippen LogP contribution in [0, 0.1) is 12.8 Å². The van der Waals surface area contributed by atoms with Crippen molar-refractivity contribution < 1.29 is 0 Å². The van der Waals surface area contributed by atoms with Crippen LogP contribution in [-0.2, 0) is 11.8 Å². The topological polar surface area (TPSA) is 0 Å². The van der Waals surface area contributed by atoms with E-state index in [1.165, 1.54) is 16.7 Å². The van der Waals surface area contributed by atoms with Crippen molar-refractivity contribution in [3.63, 3.8) is 0 Å². The van der Waals surface area contributed by atoms with Gasteiger partial charge in [0.2, 0.25) is 0 Å². The monoisotopic (exact) mass is 244 g/mol. The van der Waals surface area contributed by atoms with Crippen molar-refractivity contribution in [2.75, 3.05) is 0 Å². The summed E-state index contributed by atoms with van der Waals surface area (Å²) >= 11 is 0. The second kappa shape index (κ2) is 6.22. The average Bonchev–Trinajstić information content (AvgIpc) is 2.28. The number of benzene rings is 1. The minimum atomic E-state index is 0.241. The van der Waals surface area contributed by atoms with Crippen LogP contribution >= 0.6 is 0 Å². The summed E-state index contributed by atoms with van der Waals surface area (Å²) in [6, 6.07) is 6.93. The molecule has 100 valence electrons. The highest BCUT2D eigenvalue weighted by Gasteiger charge is 2.15. The van der Waals surface area contributed by atoms with Crippen LogP contribution in [0.5, 0.6) is 0 Å². The van der Waals surface area contributed by atoms with Crippen LogP contribution in [0.3, 0.4) is 0 Å². The van der Waals surface area contributed by atoms with E-state index in [1.807, 2.05) is 0 Å². The van der Waals surface area contributed by atoms with E-state index in [0.29, 0.717) is 5.92 Å². The van der Waals surface area contributed by atoms with Gasteiger partial charge in [0.05, 0.1) is 0 Å². The van der Waals surface area contributed by atoms with Crippen molar-refractivity contribution in [2.45, 2.75) is 59.8 Å². The first-order chi connectivity index (χ1) is 8.34. The second-order valence-electron chi connectivity index (χ2n) is 6.41. The zero-order valence-corrected chi connectivity index (χ0v) is 12.9. The van der Waals surface area contributed by atoms with Gasteiger partial charge < -0.3 is 0 Å². The molecule has 18 heavy (non-hydrogen) atoms. The normalized spacial score (nSPS) is 14.1. The lowest BCUT2D eigenvalue weighted by Gasteiger charge is -2.21. The summed E-state index contributed by atoms with van der Waals surface area (Å²) in [4.78, 5) is 0. The Balaban J connectivity index is 2.91. The van der Waals surface area contributed by atoms with E-state index in [0.717, 1.165) is 12.8 Å². The van der Waals surface area contributed by atoms with Gasteiger partial charge >= 0.3 is 0 Å². The Morgan fingerprint density at radius 1 is 1.22 bits per heavy atom. The minimum Gasteiger partial charge on any atom is -0.0885 e. The molecule has 0 saturated carbocycles. The Bertz CT molecular complexity index is 405. The Hall–Kier alpha value is -1.04. The van der Waals surface area contributed by atoms with Crippen molar-refractivity contribution >= 4 is 0 Å². The van der Waals surface area contributed by atoms with Gasteiger partial charge in [0, 0.05) is 0 Å². The van der Waals surface area contributed by atoms with E-state index in [1.54, 1.807) is 0 Å². The van der Waals surface area contributed by atoms with Crippen molar-refractivity contribution in [1.82, 2.24) is 0 Å². The number of hydrogen-bond acceptors (Lipinski definition) is 0. The molecule has 1 aromatic carbocycles. The lowest BCUT2D eigenvalue weighted by molar-refractivity contribution is 0.587. The van der Waals surface area contributed by atoms with Crippen LogP contribution in [0.1, 0.15) is 57.7 Å². The molecular weight excluding hydrogens is 216 g/mol. The van der Waals surface area contributed by atoms with Crippen LogP contribution in [0.2, 0.25) is 0 Å². The third-order valence-electron chi connectivity index (χ3n) is 3.46. The number of aryl methyl sites for hydroxylation is 1. The van der Waals surface area contributed by atoms with Gasteiger partial charge in [0.25, 0.3) is 0 Å². The molecule has 0 spiro atoms. The second-order valence-corrected chi connectivity index (χ2v) is 6.41. The van der Waals surface area contributed by atoms with E-state index in [4.69, 9.17) is 0 Å². The zero-order chi connectivity index (χ0) is 13.8. The molecule has 0 radical (unpaired) electrons. The van der Waals surface area contributed by atoms with Gasteiger partial charge in [-0.3, -0.25) is 0 Å². The van der Waals surface area contributed by atoms with E-state index < -0.39 is 0 Å². The van der Waals surface area contributed by atoms with Crippen molar-refractivity contribution in [2.24, 2.45) is 5.92 Å². The standard InChI is InChI=1S/C18H28/c1-7-8-9-14(2)12-16-13-17(18(4,5)6)11-10-15(16)3/h8-11,13-14H,7,12H2,1-6H3/b9-8-.